The van der Waals surface area contributed by atoms with Crippen LogP contribution in [0.4, 0.5) is 0 Å². The SMILES string of the molecule is CCOc1ccc(C2c3cc(OCC)c(OC)cc3C(CC)C2C)cc1OC. The van der Waals surface area contributed by atoms with Crippen molar-refractivity contribution >= 4 is 0 Å². The molecular weight excluding hydrogens is 352 g/mol. The summed E-state index contributed by atoms with van der Waals surface area (Å²) in [6, 6.07) is 10.7. The fourth-order valence-electron chi connectivity index (χ4n) is 4.64. The van der Waals surface area contributed by atoms with Gasteiger partial charge in [-0.15, -0.1) is 0 Å². The van der Waals surface area contributed by atoms with Crippen LogP contribution in [0.1, 0.15) is 62.6 Å². The molecule has 1 aliphatic carbocycles. The highest BCUT2D eigenvalue weighted by molar-refractivity contribution is 5.56. The van der Waals surface area contributed by atoms with Crippen molar-refractivity contribution in [1.29, 1.82) is 0 Å². The highest BCUT2D eigenvalue weighted by Crippen LogP contribution is 2.54. The van der Waals surface area contributed by atoms with Gasteiger partial charge in [0.1, 0.15) is 0 Å². The molecule has 0 amide bonds. The van der Waals surface area contributed by atoms with Crippen molar-refractivity contribution in [2.45, 2.75) is 46.0 Å². The van der Waals surface area contributed by atoms with E-state index in [0.29, 0.717) is 25.0 Å². The van der Waals surface area contributed by atoms with Crippen molar-refractivity contribution in [3.8, 4) is 23.0 Å². The Morgan fingerprint density at radius 2 is 1.36 bits per heavy atom. The Hall–Kier alpha value is -2.36. The number of fused-ring (bicyclic) bond motifs is 1. The van der Waals surface area contributed by atoms with E-state index in [4.69, 9.17) is 18.9 Å². The quantitative estimate of drug-likeness (QED) is 0.578. The molecule has 0 N–H and O–H groups in total. The Bertz CT molecular complexity index is 814. The van der Waals surface area contributed by atoms with Gasteiger partial charge in [0.05, 0.1) is 27.4 Å². The summed E-state index contributed by atoms with van der Waals surface area (Å²) in [5.74, 6) is 4.45. The monoisotopic (exact) mass is 384 g/mol. The van der Waals surface area contributed by atoms with E-state index in [1.165, 1.54) is 16.7 Å². The average Bonchev–Trinajstić information content (AvgIpc) is 2.98. The Morgan fingerprint density at radius 3 is 1.96 bits per heavy atom. The van der Waals surface area contributed by atoms with Gasteiger partial charge in [0.2, 0.25) is 0 Å². The van der Waals surface area contributed by atoms with Gasteiger partial charge in [-0.1, -0.05) is 19.9 Å². The molecule has 0 saturated carbocycles. The Balaban J connectivity index is 2.12. The first kappa shape index (κ1) is 20.4. The van der Waals surface area contributed by atoms with E-state index >= 15 is 0 Å². The Morgan fingerprint density at radius 1 is 0.750 bits per heavy atom. The molecule has 0 saturated heterocycles. The number of benzene rings is 2. The molecule has 3 rings (SSSR count). The van der Waals surface area contributed by atoms with Gasteiger partial charge < -0.3 is 18.9 Å². The van der Waals surface area contributed by atoms with Crippen molar-refractivity contribution in [2.75, 3.05) is 27.4 Å². The van der Waals surface area contributed by atoms with Gasteiger partial charge in [-0.2, -0.15) is 0 Å². The first-order chi connectivity index (χ1) is 13.6. The Kier molecular flexibility index (Phi) is 6.38. The zero-order valence-corrected chi connectivity index (χ0v) is 17.9. The van der Waals surface area contributed by atoms with Gasteiger partial charge in [0.25, 0.3) is 0 Å². The summed E-state index contributed by atoms with van der Waals surface area (Å²) >= 11 is 0. The molecule has 2 aromatic rings. The standard InChI is InChI=1S/C24H32O4/c1-7-17-15(4)24(16-10-11-20(27-8-2)21(12-16)25-5)19-14-23(28-9-3)22(26-6)13-18(17)19/h10-15,17,24H,7-9H2,1-6H3. The number of ether oxygens (including phenoxy) is 4. The van der Waals surface area contributed by atoms with E-state index in [1.54, 1.807) is 14.2 Å². The van der Waals surface area contributed by atoms with Crippen molar-refractivity contribution in [1.82, 2.24) is 0 Å². The van der Waals surface area contributed by atoms with Crippen LogP contribution >= 0.6 is 0 Å². The van der Waals surface area contributed by atoms with Gasteiger partial charge in [-0.3, -0.25) is 0 Å². The summed E-state index contributed by atoms with van der Waals surface area (Å²) in [5, 5.41) is 0. The number of rotatable bonds is 8. The second-order valence-corrected chi connectivity index (χ2v) is 7.26. The van der Waals surface area contributed by atoms with Crippen LogP contribution < -0.4 is 18.9 Å². The molecule has 0 radical (unpaired) electrons. The van der Waals surface area contributed by atoms with Gasteiger partial charge in [-0.25, -0.2) is 0 Å². The lowest BCUT2D eigenvalue weighted by molar-refractivity contribution is 0.310. The minimum absolute atomic E-state index is 0.287. The van der Waals surface area contributed by atoms with E-state index < -0.39 is 0 Å². The maximum Gasteiger partial charge on any atom is 0.161 e. The van der Waals surface area contributed by atoms with E-state index in [2.05, 4.69) is 38.1 Å². The third kappa shape index (κ3) is 3.52. The minimum atomic E-state index is 0.287. The maximum absolute atomic E-state index is 5.87. The smallest absolute Gasteiger partial charge is 0.161 e. The third-order valence-electron chi connectivity index (χ3n) is 5.85. The summed E-state index contributed by atoms with van der Waals surface area (Å²) in [6.45, 7) is 9.82. The van der Waals surface area contributed by atoms with Crippen LogP contribution in [0.15, 0.2) is 30.3 Å². The number of methoxy groups -OCH3 is 2. The van der Waals surface area contributed by atoms with E-state index in [0.717, 1.165) is 29.4 Å². The molecular formula is C24H32O4. The summed E-state index contributed by atoms with van der Waals surface area (Å²) < 4.78 is 22.8. The molecule has 4 nitrogen and oxygen atoms in total. The first-order valence-electron chi connectivity index (χ1n) is 10.2. The number of hydrogen-bond donors (Lipinski definition) is 0. The van der Waals surface area contributed by atoms with E-state index in [9.17, 15) is 0 Å². The molecule has 2 aromatic carbocycles. The zero-order chi connectivity index (χ0) is 20.3. The molecule has 4 heteroatoms. The van der Waals surface area contributed by atoms with Gasteiger partial charge in [-0.05, 0) is 73.1 Å². The Labute approximate surface area is 168 Å². The fourth-order valence-corrected chi connectivity index (χ4v) is 4.64. The van der Waals surface area contributed by atoms with Crippen LogP contribution in [0.2, 0.25) is 0 Å². The first-order valence-corrected chi connectivity index (χ1v) is 10.2. The molecule has 0 aliphatic heterocycles. The van der Waals surface area contributed by atoms with Gasteiger partial charge >= 0.3 is 0 Å². The van der Waals surface area contributed by atoms with Crippen LogP contribution in [0.25, 0.3) is 0 Å². The summed E-state index contributed by atoms with van der Waals surface area (Å²) in [4.78, 5) is 0. The fraction of sp³-hybridized carbons (Fsp3) is 0.500. The summed E-state index contributed by atoms with van der Waals surface area (Å²) in [6.07, 6.45) is 1.09. The van der Waals surface area contributed by atoms with Crippen molar-refractivity contribution < 1.29 is 18.9 Å². The van der Waals surface area contributed by atoms with Crippen molar-refractivity contribution in [3.63, 3.8) is 0 Å². The molecule has 152 valence electrons. The zero-order valence-electron chi connectivity index (χ0n) is 17.9. The molecule has 3 atom stereocenters. The molecule has 0 fully saturated rings. The minimum Gasteiger partial charge on any atom is -0.493 e. The van der Waals surface area contributed by atoms with Gasteiger partial charge in [0, 0.05) is 5.92 Å². The molecule has 28 heavy (non-hydrogen) atoms. The van der Waals surface area contributed by atoms with Crippen LogP contribution in [-0.4, -0.2) is 27.4 Å². The van der Waals surface area contributed by atoms with Crippen LogP contribution in [0.5, 0.6) is 23.0 Å². The molecule has 3 unspecified atom stereocenters. The highest BCUT2D eigenvalue weighted by Gasteiger charge is 2.39. The third-order valence-corrected chi connectivity index (χ3v) is 5.85. The largest absolute Gasteiger partial charge is 0.493 e. The van der Waals surface area contributed by atoms with E-state index in [1.807, 2.05) is 19.9 Å². The van der Waals surface area contributed by atoms with Crippen LogP contribution in [0.3, 0.4) is 0 Å². The second-order valence-electron chi connectivity index (χ2n) is 7.26. The highest BCUT2D eigenvalue weighted by atomic mass is 16.5. The topological polar surface area (TPSA) is 36.9 Å². The maximum atomic E-state index is 5.87. The van der Waals surface area contributed by atoms with Crippen molar-refractivity contribution in [3.05, 3.63) is 47.0 Å². The molecule has 0 heterocycles. The van der Waals surface area contributed by atoms with E-state index in [-0.39, 0.29) is 5.92 Å². The predicted molar refractivity (Wildman–Crippen MR) is 112 cm³/mol. The number of hydrogen-bond acceptors (Lipinski definition) is 4. The van der Waals surface area contributed by atoms with Crippen molar-refractivity contribution in [2.24, 2.45) is 5.92 Å². The van der Waals surface area contributed by atoms with Gasteiger partial charge in [0.15, 0.2) is 23.0 Å². The average molecular weight is 385 g/mol. The molecule has 0 spiro atoms. The van der Waals surface area contributed by atoms with Crippen LogP contribution in [0, 0.1) is 5.92 Å². The lowest BCUT2D eigenvalue weighted by Gasteiger charge is -2.22. The lowest BCUT2D eigenvalue weighted by Crippen LogP contribution is -2.10. The summed E-state index contributed by atoms with van der Waals surface area (Å²) in [7, 11) is 3.40. The summed E-state index contributed by atoms with van der Waals surface area (Å²) in [5.41, 5.74) is 3.94. The molecule has 0 aromatic heterocycles. The predicted octanol–water partition coefficient (Wildman–Crippen LogP) is 5.78. The lowest BCUT2D eigenvalue weighted by atomic mass is 9.83. The molecule has 0 bridgehead atoms. The second kappa shape index (κ2) is 8.76. The molecule has 1 aliphatic rings. The normalized spacial score (nSPS) is 20.6. The van der Waals surface area contributed by atoms with Crippen LogP contribution in [-0.2, 0) is 0 Å².